The van der Waals surface area contributed by atoms with Crippen LogP contribution >= 0.6 is 0 Å². The van der Waals surface area contributed by atoms with Crippen LogP contribution in [-0.2, 0) is 19.3 Å². The molecule has 6 heteroatoms. The molecule has 5 nitrogen and oxygen atoms in total. The predicted molar refractivity (Wildman–Crippen MR) is 75.1 cm³/mol. The summed E-state index contributed by atoms with van der Waals surface area (Å²) in [6.07, 6.45) is -0.133. The van der Waals surface area contributed by atoms with Gasteiger partial charge in [0, 0.05) is 6.61 Å². The normalized spacial score (nSPS) is 12.8. The molecule has 1 unspecified atom stereocenters. The number of rotatable bonds is 8. The highest BCUT2D eigenvalue weighted by atomic mass is 32.2. The van der Waals surface area contributed by atoms with Crippen LogP contribution < -0.4 is 0 Å². The first kappa shape index (κ1) is 16.6. The summed E-state index contributed by atoms with van der Waals surface area (Å²) in [7, 11) is -3.38. The van der Waals surface area contributed by atoms with Gasteiger partial charge in [-0.1, -0.05) is 0 Å². The maximum atomic E-state index is 12.0. The molecule has 0 aromatic heterocycles. The monoisotopic (exact) mass is 297 g/mol. The molecule has 0 heterocycles. The van der Waals surface area contributed by atoms with E-state index in [1.165, 1.54) is 24.3 Å². The molecule has 0 radical (unpaired) electrons. The van der Waals surface area contributed by atoms with Crippen LogP contribution in [0.25, 0.3) is 0 Å². The lowest BCUT2D eigenvalue weighted by Gasteiger charge is -2.12. The average Bonchev–Trinajstić information content (AvgIpc) is 2.45. The Morgan fingerprint density at radius 2 is 1.95 bits per heavy atom. The highest BCUT2D eigenvalue weighted by molar-refractivity contribution is 7.91. The van der Waals surface area contributed by atoms with Gasteiger partial charge in [-0.05, 0) is 38.1 Å². The van der Waals surface area contributed by atoms with Gasteiger partial charge in [-0.3, -0.25) is 0 Å². The van der Waals surface area contributed by atoms with E-state index in [0.717, 1.165) is 0 Å². The first-order valence-corrected chi connectivity index (χ1v) is 8.07. The van der Waals surface area contributed by atoms with Gasteiger partial charge >= 0.3 is 0 Å². The molecule has 0 spiro atoms. The van der Waals surface area contributed by atoms with Gasteiger partial charge in [0.25, 0.3) is 0 Å². The Hall–Kier alpha value is -1.42. The maximum Gasteiger partial charge on any atom is 0.180 e. The van der Waals surface area contributed by atoms with Crippen molar-refractivity contribution in [2.24, 2.45) is 0 Å². The van der Waals surface area contributed by atoms with Crippen LogP contribution in [0.4, 0.5) is 0 Å². The number of sulfone groups is 1. The number of hydrogen-bond acceptors (Lipinski definition) is 5. The summed E-state index contributed by atoms with van der Waals surface area (Å²) < 4.78 is 34.6. The molecule has 20 heavy (non-hydrogen) atoms. The summed E-state index contributed by atoms with van der Waals surface area (Å²) in [4.78, 5) is 0.206. The molecule has 0 aliphatic carbocycles. The average molecular weight is 297 g/mol. The SMILES string of the molecule is CCOCC(C)OCCS(=O)(=O)c1ccc(C#N)cc1. The zero-order chi connectivity index (χ0) is 15.0. The Labute approximate surface area is 120 Å². The molecule has 0 aliphatic rings. The van der Waals surface area contributed by atoms with Crippen molar-refractivity contribution in [3.05, 3.63) is 29.8 Å². The first-order valence-electron chi connectivity index (χ1n) is 6.42. The molecular weight excluding hydrogens is 278 g/mol. The second-order valence-electron chi connectivity index (χ2n) is 4.30. The van der Waals surface area contributed by atoms with Crippen molar-refractivity contribution >= 4 is 9.84 Å². The van der Waals surface area contributed by atoms with Gasteiger partial charge in [-0.15, -0.1) is 0 Å². The van der Waals surface area contributed by atoms with Crippen molar-refractivity contribution in [1.29, 1.82) is 5.26 Å². The van der Waals surface area contributed by atoms with Crippen LogP contribution in [0.2, 0.25) is 0 Å². The fourth-order valence-corrected chi connectivity index (χ4v) is 2.65. The van der Waals surface area contributed by atoms with E-state index in [1.54, 1.807) is 0 Å². The smallest absolute Gasteiger partial charge is 0.180 e. The second kappa shape index (κ2) is 8.00. The lowest BCUT2D eigenvalue weighted by molar-refractivity contribution is 0.00288. The van der Waals surface area contributed by atoms with Gasteiger partial charge in [0.15, 0.2) is 9.84 Å². The van der Waals surface area contributed by atoms with Crippen molar-refractivity contribution in [2.45, 2.75) is 24.8 Å². The van der Waals surface area contributed by atoms with Gasteiger partial charge < -0.3 is 9.47 Å². The van der Waals surface area contributed by atoms with Crippen LogP contribution in [0.15, 0.2) is 29.2 Å². The molecular formula is C14H19NO4S. The van der Waals surface area contributed by atoms with Crippen LogP contribution in [0.5, 0.6) is 0 Å². The fourth-order valence-electron chi connectivity index (χ4n) is 1.55. The Morgan fingerprint density at radius 1 is 1.30 bits per heavy atom. The molecule has 1 atom stereocenters. The van der Waals surface area contributed by atoms with E-state index in [9.17, 15) is 8.42 Å². The van der Waals surface area contributed by atoms with Crippen LogP contribution in [0.1, 0.15) is 19.4 Å². The molecule has 0 fully saturated rings. The summed E-state index contributed by atoms with van der Waals surface area (Å²) in [6.45, 7) is 4.91. The number of benzene rings is 1. The van der Waals surface area contributed by atoms with Crippen LogP contribution in [-0.4, -0.2) is 40.1 Å². The zero-order valence-corrected chi connectivity index (χ0v) is 12.5. The predicted octanol–water partition coefficient (Wildman–Crippen LogP) is 1.77. The Balaban J connectivity index is 2.51. The van der Waals surface area contributed by atoms with Gasteiger partial charge in [0.2, 0.25) is 0 Å². The minimum absolute atomic E-state index is 0.0879. The van der Waals surface area contributed by atoms with Crippen molar-refractivity contribution in [1.82, 2.24) is 0 Å². The fraction of sp³-hybridized carbons (Fsp3) is 0.500. The van der Waals surface area contributed by atoms with Crippen molar-refractivity contribution in [2.75, 3.05) is 25.6 Å². The molecule has 0 bridgehead atoms. The molecule has 1 rings (SSSR count). The summed E-state index contributed by atoms with van der Waals surface area (Å²) in [5, 5.41) is 8.67. The molecule has 0 saturated carbocycles. The van der Waals surface area contributed by atoms with E-state index in [4.69, 9.17) is 14.7 Å². The van der Waals surface area contributed by atoms with E-state index >= 15 is 0 Å². The molecule has 0 N–H and O–H groups in total. The largest absolute Gasteiger partial charge is 0.379 e. The number of hydrogen-bond donors (Lipinski definition) is 0. The van der Waals surface area contributed by atoms with Crippen molar-refractivity contribution < 1.29 is 17.9 Å². The quantitative estimate of drug-likeness (QED) is 0.731. The zero-order valence-electron chi connectivity index (χ0n) is 11.7. The Bertz CT molecular complexity index is 546. The Kier molecular flexibility index (Phi) is 6.65. The second-order valence-corrected chi connectivity index (χ2v) is 6.41. The highest BCUT2D eigenvalue weighted by Gasteiger charge is 2.15. The first-order chi connectivity index (χ1) is 9.49. The van der Waals surface area contributed by atoms with E-state index in [1.807, 2.05) is 19.9 Å². The van der Waals surface area contributed by atoms with E-state index in [2.05, 4.69) is 0 Å². The lowest BCUT2D eigenvalue weighted by atomic mass is 10.2. The standard InChI is InChI=1S/C14H19NO4S/c1-3-18-11-12(2)19-8-9-20(16,17)14-6-4-13(10-15)5-7-14/h4-7,12H,3,8-9,11H2,1-2H3. The topological polar surface area (TPSA) is 76.4 Å². The van der Waals surface area contributed by atoms with E-state index in [-0.39, 0.29) is 23.4 Å². The number of ether oxygens (including phenoxy) is 2. The minimum atomic E-state index is -3.38. The number of nitrogens with zero attached hydrogens (tertiary/aromatic N) is 1. The van der Waals surface area contributed by atoms with E-state index in [0.29, 0.717) is 18.8 Å². The molecule has 0 amide bonds. The van der Waals surface area contributed by atoms with Crippen molar-refractivity contribution in [3.8, 4) is 6.07 Å². The van der Waals surface area contributed by atoms with Gasteiger partial charge in [0.05, 0.1) is 41.6 Å². The van der Waals surface area contributed by atoms with Crippen LogP contribution in [0.3, 0.4) is 0 Å². The number of nitriles is 1. The molecule has 0 saturated heterocycles. The molecule has 1 aromatic rings. The Morgan fingerprint density at radius 3 is 2.50 bits per heavy atom. The van der Waals surface area contributed by atoms with Crippen LogP contribution in [0, 0.1) is 11.3 Å². The van der Waals surface area contributed by atoms with Crippen molar-refractivity contribution in [3.63, 3.8) is 0 Å². The van der Waals surface area contributed by atoms with E-state index < -0.39 is 9.84 Å². The van der Waals surface area contributed by atoms with Gasteiger partial charge in [-0.2, -0.15) is 5.26 Å². The van der Waals surface area contributed by atoms with Gasteiger partial charge in [-0.25, -0.2) is 8.42 Å². The summed E-state index contributed by atoms with van der Waals surface area (Å²) in [5.74, 6) is -0.0879. The molecule has 1 aromatic carbocycles. The summed E-state index contributed by atoms with van der Waals surface area (Å²) in [6, 6.07) is 7.82. The minimum Gasteiger partial charge on any atom is -0.379 e. The summed E-state index contributed by atoms with van der Waals surface area (Å²) >= 11 is 0. The maximum absolute atomic E-state index is 12.0. The lowest BCUT2D eigenvalue weighted by Crippen LogP contribution is -2.20. The third kappa shape index (κ3) is 5.29. The molecule has 0 aliphatic heterocycles. The van der Waals surface area contributed by atoms with Gasteiger partial charge in [0.1, 0.15) is 0 Å². The molecule has 110 valence electrons. The summed E-state index contributed by atoms with van der Waals surface area (Å²) in [5.41, 5.74) is 0.436. The third-order valence-corrected chi connectivity index (χ3v) is 4.35. The highest BCUT2D eigenvalue weighted by Crippen LogP contribution is 2.12. The third-order valence-electron chi connectivity index (χ3n) is 2.65.